The Kier molecular flexibility index (Phi) is 8.77. The molecule has 0 heterocycles. The highest BCUT2D eigenvalue weighted by Gasteiger charge is 2.29. The topological polar surface area (TPSA) is 100 Å². The molecule has 0 aromatic heterocycles. The smallest absolute Gasteiger partial charge is 0.408 e. The molecule has 2 amide bonds. The van der Waals surface area contributed by atoms with Crippen molar-refractivity contribution in [3.63, 3.8) is 0 Å². The number of nitrogens with zero attached hydrogens (tertiary/aromatic N) is 1. The number of ether oxygens (including phenoxy) is 2. The average Bonchev–Trinajstić information content (AvgIpc) is 2.62. The maximum absolute atomic E-state index is 12.7. The molecule has 1 aromatic rings. The van der Waals surface area contributed by atoms with Gasteiger partial charge in [0.15, 0.2) is 0 Å². The molecule has 2 unspecified atom stereocenters. The van der Waals surface area contributed by atoms with Crippen LogP contribution in [0, 0.1) is 17.2 Å². The van der Waals surface area contributed by atoms with Gasteiger partial charge in [0.25, 0.3) is 0 Å². The minimum absolute atomic E-state index is 0.0563. The van der Waals surface area contributed by atoms with E-state index in [1.807, 2.05) is 26.8 Å². The molecule has 3 atom stereocenters. The van der Waals surface area contributed by atoms with Crippen molar-refractivity contribution in [1.82, 2.24) is 10.6 Å². The number of nitriles is 1. The molecule has 0 saturated heterocycles. The van der Waals surface area contributed by atoms with Gasteiger partial charge in [0.05, 0.1) is 17.7 Å². The molecule has 1 rings (SSSR count). The van der Waals surface area contributed by atoms with Crippen molar-refractivity contribution in [1.29, 1.82) is 5.26 Å². The Bertz CT molecular complexity index is 689. The second-order valence-electron chi connectivity index (χ2n) is 7.87. The molecule has 28 heavy (non-hydrogen) atoms. The van der Waals surface area contributed by atoms with Crippen LogP contribution in [-0.4, -0.2) is 36.3 Å². The summed E-state index contributed by atoms with van der Waals surface area (Å²) in [6.45, 7) is 11.3. The lowest BCUT2D eigenvalue weighted by Crippen LogP contribution is -2.53. The van der Waals surface area contributed by atoms with Crippen LogP contribution in [0.1, 0.15) is 53.5 Å². The molecule has 7 nitrogen and oxygen atoms in total. The van der Waals surface area contributed by atoms with Crippen LogP contribution in [0.15, 0.2) is 24.3 Å². The van der Waals surface area contributed by atoms with Crippen LogP contribution in [0.5, 0.6) is 5.75 Å². The molecule has 2 N–H and O–H groups in total. The number of hydrogen-bond acceptors (Lipinski definition) is 5. The summed E-state index contributed by atoms with van der Waals surface area (Å²) in [4.78, 5) is 24.8. The van der Waals surface area contributed by atoms with Crippen molar-refractivity contribution in [2.75, 3.05) is 6.61 Å². The molecular weight excluding hydrogens is 358 g/mol. The van der Waals surface area contributed by atoms with Gasteiger partial charge in [-0.15, -0.1) is 0 Å². The van der Waals surface area contributed by atoms with E-state index >= 15 is 0 Å². The number of nitrogens with one attached hydrogen (secondary N) is 2. The summed E-state index contributed by atoms with van der Waals surface area (Å²) in [6, 6.07) is 7.83. The predicted molar refractivity (Wildman–Crippen MR) is 107 cm³/mol. The molecule has 154 valence electrons. The van der Waals surface area contributed by atoms with Gasteiger partial charge in [-0.25, -0.2) is 4.79 Å². The Morgan fingerprint density at radius 1 is 1.14 bits per heavy atom. The van der Waals surface area contributed by atoms with Gasteiger partial charge in [0.1, 0.15) is 24.0 Å². The molecule has 7 heteroatoms. The largest absolute Gasteiger partial charge is 0.491 e. The van der Waals surface area contributed by atoms with E-state index in [4.69, 9.17) is 14.7 Å². The van der Waals surface area contributed by atoms with E-state index in [1.165, 1.54) is 0 Å². The van der Waals surface area contributed by atoms with Crippen LogP contribution in [0.3, 0.4) is 0 Å². The van der Waals surface area contributed by atoms with E-state index in [-0.39, 0.29) is 24.5 Å². The number of carbonyl (C=O) groups is 2. The SMILES string of the molecule is CCC(C)[C@H](NC(=O)OC(C)(C)C)C(=O)NC(C)COc1ccc(C#N)cc1. The van der Waals surface area contributed by atoms with Crippen molar-refractivity contribution in [3.8, 4) is 11.8 Å². The first-order chi connectivity index (χ1) is 13.1. The fraction of sp³-hybridized carbons (Fsp3) is 0.571. The minimum atomic E-state index is -0.697. The number of hydrogen-bond donors (Lipinski definition) is 2. The highest BCUT2D eigenvalue weighted by atomic mass is 16.6. The Hall–Kier alpha value is -2.75. The predicted octanol–water partition coefficient (Wildman–Crippen LogP) is 3.38. The van der Waals surface area contributed by atoms with Gasteiger partial charge in [0, 0.05) is 0 Å². The van der Waals surface area contributed by atoms with E-state index in [1.54, 1.807) is 45.0 Å². The Balaban J connectivity index is 2.62. The first-order valence-electron chi connectivity index (χ1n) is 9.48. The maximum atomic E-state index is 12.7. The van der Waals surface area contributed by atoms with Crippen LogP contribution in [0.2, 0.25) is 0 Å². The number of alkyl carbamates (subject to hydrolysis) is 1. The molecule has 0 aliphatic heterocycles. The lowest BCUT2D eigenvalue weighted by Gasteiger charge is -2.27. The molecule has 0 fully saturated rings. The Morgan fingerprint density at radius 2 is 1.75 bits per heavy atom. The molecule has 0 bridgehead atoms. The van der Waals surface area contributed by atoms with Crippen LogP contribution in [0.4, 0.5) is 4.79 Å². The van der Waals surface area contributed by atoms with E-state index in [0.717, 1.165) is 6.42 Å². The summed E-state index contributed by atoms with van der Waals surface area (Å²) in [5.41, 5.74) is -0.0821. The highest BCUT2D eigenvalue weighted by Crippen LogP contribution is 2.13. The first-order valence-corrected chi connectivity index (χ1v) is 9.48. The van der Waals surface area contributed by atoms with Crippen LogP contribution in [0.25, 0.3) is 0 Å². The first kappa shape index (κ1) is 23.3. The third-order valence-electron chi connectivity index (χ3n) is 4.04. The molecular formula is C21H31N3O4. The number of amides is 2. The Morgan fingerprint density at radius 3 is 2.25 bits per heavy atom. The molecule has 0 aliphatic rings. The molecule has 0 spiro atoms. The van der Waals surface area contributed by atoms with Crippen molar-refractivity contribution < 1.29 is 19.1 Å². The molecule has 0 saturated carbocycles. The van der Waals surface area contributed by atoms with Crippen molar-refractivity contribution in [2.45, 2.75) is 65.6 Å². The van der Waals surface area contributed by atoms with Gasteiger partial charge < -0.3 is 20.1 Å². The van der Waals surface area contributed by atoms with Crippen molar-refractivity contribution in [2.24, 2.45) is 5.92 Å². The summed E-state index contributed by atoms with van der Waals surface area (Å²) in [6.07, 6.45) is 0.110. The Labute approximate surface area is 167 Å². The zero-order valence-electron chi connectivity index (χ0n) is 17.5. The summed E-state index contributed by atoms with van der Waals surface area (Å²) >= 11 is 0. The molecule has 1 aromatic carbocycles. The summed E-state index contributed by atoms with van der Waals surface area (Å²) < 4.78 is 10.9. The quantitative estimate of drug-likeness (QED) is 0.710. The van der Waals surface area contributed by atoms with E-state index in [2.05, 4.69) is 10.6 Å². The third kappa shape index (κ3) is 8.30. The molecule has 0 aliphatic carbocycles. The fourth-order valence-electron chi connectivity index (χ4n) is 2.36. The van der Waals surface area contributed by atoms with E-state index in [0.29, 0.717) is 11.3 Å². The summed E-state index contributed by atoms with van der Waals surface area (Å²) in [5.74, 6) is 0.278. The van der Waals surface area contributed by atoms with Gasteiger partial charge >= 0.3 is 6.09 Å². The van der Waals surface area contributed by atoms with Gasteiger partial charge in [-0.05, 0) is 57.9 Å². The second kappa shape index (κ2) is 10.5. The van der Waals surface area contributed by atoms with E-state index in [9.17, 15) is 9.59 Å². The lowest BCUT2D eigenvalue weighted by atomic mass is 9.98. The monoisotopic (exact) mass is 389 g/mol. The van der Waals surface area contributed by atoms with E-state index < -0.39 is 17.7 Å². The standard InChI is InChI=1S/C21H31N3O4/c1-7-14(2)18(24-20(26)28-21(4,5)6)19(25)23-15(3)13-27-17-10-8-16(12-22)9-11-17/h8-11,14-15,18H,7,13H2,1-6H3,(H,23,25)(H,24,26)/t14?,15?,18-/m0/s1. The number of carbonyl (C=O) groups excluding carboxylic acids is 2. The van der Waals surface area contributed by atoms with Gasteiger partial charge in [-0.3, -0.25) is 4.79 Å². The summed E-state index contributed by atoms with van der Waals surface area (Å²) in [7, 11) is 0. The zero-order valence-corrected chi connectivity index (χ0v) is 17.5. The third-order valence-corrected chi connectivity index (χ3v) is 4.04. The summed E-state index contributed by atoms with van der Waals surface area (Å²) in [5, 5.41) is 14.4. The van der Waals surface area contributed by atoms with Crippen LogP contribution in [-0.2, 0) is 9.53 Å². The highest BCUT2D eigenvalue weighted by molar-refractivity contribution is 5.86. The number of rotatable bonds is 8. The van der Waals surface area contributed by atoms with Gasteiger partial charge in [-0.1, -0.05) is 20.3 Å². The van der Waals surface area contributed by atoms with Gasteiger partial charge in [-0.2, -0.15) is 5.26 Å². The minimum Gasteiger partial charge on any atom is -0.491 e. The van der Waals surface area contributed by atoms with Crippen molar-refractivity contribution >= 4 is 12.0 Å². The zero-order chi connectivity index (χ0) is 21.3. The van der Waals surface area contributed by atoms with Crippen LogP contribution < -0.4 is 15.4 Å². The second-order valence-corrected chi connectivity index (χ2v) is 7.87. The van der Waals surface area contributed by atoms with Crippen LogP contribution >= 0.6 is 0 Å². The normalized spacial score (nSPS) is 14.2. The van der Waals surface area contributed by atoms with Crippen molar-refractivity contribution in [3.05, 3.63) is 29.8 Å². The molecule has 0 radical (unpaired) electrons. The average molecular weight is 389 g/mol. The fourth-order valence-corrected chi connectivity index (χ4v) is 2.36. The maximum Gasteiger partial charge on any atom is 0.408 e. The van der Waals surface area contributed by atoms with Gasteiger partial charge in [0.2, 0.25) is 5.91 Å². The lowest BCUT2D eigenvalue weighted by molar-refractivity contribution is -0.125. The number of benzene rings is 1.